The highest BCUT2D eigenvalue weighted by Crippen LogP contribution is 2.02. The van der Waals surface area contributed by atoms with Gasteiger partial charge in [-0.3, -0.25) is 0 Å². The molecule has 1 aromatic carbocycles. The molecular weight excluding hydrogens is 274 g/mol. The zero-order chi connectivity index (χ0) is 15.3. The van der Waals surface area contributed by atoms with Gasteiger partial charge in [0.1, 0.15) is 0 Å². The predicted molar refractivity (Wildman–Crippen MR) is 93.4 cm³/mol. The molecule has 1 saturated heterocycles. The highest BCUT2D eigenvalue weighted by atomic mass is 15.0. The molecular formula is C17H31N5. The van der Waals surface area contributed by atoms with Crippen LogP contribution in [0.3, 0.4) is 0 Å². The van der Waals surface area contributed by atoms with Crippen molar-refractivity contribution in [3.8, 4) is 0 Å². The molecule has 1 unspecified atom stereocenters. The van der Waals surface area contributed by atoms with E-state index in [1.165, 1.54) is 5.56 Å². The van der Waals surface area contributed by atoms with Crippen LogP contribution in [-0.4, -0.2) is 64.9 Å². The van der Waals surface area contributed by atoms with Gasteiger partial charge in [-0.05, 0) is 12.0 Å². The topological polar surface area (TPSA) is 60.1 Å². The van der Waals surface area contributed by atoms with E-state index in [1.807, 2.05) is 0 Å². The Morgan fingerprint density at radius 1 is 0.682 bits per heavy atom. The lowest BCUT2D eigenvalue weighted by Gasteiger charge is -2.20. The molecule has 5 heteroatoms. The van der Waals surface area contributed by atoms with Crippen molar-refractivity contribution >= 4 is 0 Å². The minimum atomic E-state index is 0.479. The van der Waals surface area contributed by atoms with Crippen LogP contribution in [0.4, 0.5) is 0 Å². The fraction of sp³-hybridized carbons (Fsp3) is 0.647. The first-order valence-corrected chi connectivity index (χ1v) is 8.55. The third kappa shape index (κ3) is 7.87. The van der Waals surface area contributed by atoms with Crippen molar-refractivity contribution in [1.82, 2.24) is 26.6 Å². The minimum absolute atomic E-state index is 0.479. The van der Waals surface area contributed by atoms with Crippen LogP contribution in [0.15, 0.2) is 30.3 Å². The molecule has 1 heterocycles. The van der Waals surface area contributed by atoms with E-state index in [4.69, 9.17) is 0 Å². The molecule has 0 amide bonds. The molecule has 0 spiro atoms. The van der Waals surface area contributed by atoms with Crippen LogP contribution in [0, 0.1) is 0 Å². The molecule has 5 N–H and O–H groups in total. The van der Waals surface area contributed by atoms with Gasteiger partial charge in [-0.15, -0.1) is 0 Å². The smallest absolute Gasteiger partial charge is 0.0233 e. The molecule has 0 aromatic heterocycles. The maximum Gasteiger partial charge on any atom is 0.0233 e. The average Bonchev–Trinajstić information content (AvgIpc) is 2.56. The first-order valence-electron chi connectivity index (χ1n) is 8.55. The van der Waals surface area contributed by atoms with Gasteiger partial charge >= 0.3 is 0 Å². The monoisotopic (exact) mass is 305 g/mol. The van der Waals surface area contributed by atoms with E-state index in [-0.39, 0.29) is 0 Å². The number of nitrogens with one attached hydrogen (secondary N) is 5. The van der Waals surface area contributed by atoms with Gasteiger partial charge in [-0.2, -0.15) is 0 Å². The number of hydrogen-bond donors (Lipinski definition) is 5. The zero-order valence-electron chi connectivity index (χ0n) is 13.5. The molecule has 1 aliphatic rings. The van der Waals surface area contributed by atoms with Gasteiger partial charge in [0.05, 0.1) is 0 Å². The van der Waals surface area contributed by atoms with Crippen LogP contribution in [0.5, 0.6) is 0 Å². The Labute approximate surface area is 134 Å². The summed E-state index contributed by atoms with van der Waals surface area (Å²) in [5.74, 6) is 0. The fourth-order valence-electron chi connectivity index (χ4n) is 2.66. The number of rotatable bonds is 2. The van der Waals surface area contributed by atoms with E-state index in [1.54, 1.807) is 0 Å². The summed E-state index contributed by atoms with van der Waals surface area (Å²) >= 11 is 0. The second-order valence-corrected chi connectivity index (χ2v) is 5.79. The summed E-state index contributed by atoms with van der Waals surface area (Å²) < 4.78 is 0. The summed E-state index contributed by atoms with van der Waals surface area (Å²) in [6, 6.07) is 11.2. The molecule has 1 atom stereocenters. The molecule has 1 aliphatic heterocycles. The van der Waals surface area contributed by atoms with Crippen molar-refractivity contribution in [1.29, 1.82) is 0 Å². The molecule has 1 fully saturated rings. The van der Waals surface area contributed by atoms with Gasteiger partial charge in [-0.1, -0.05) is 30.3 Å². The van der Waals surface area contributed by atoms with Crippen molar-refractivity contribution in [2.75, 3.05) is 58.9 Å². The van der Waals surface area contributed by atoms with E-state index in [0.29, 0.717) is 6.04 Å². The molecule has 22 heavy (non-hydrogen) atoms. The van der Waals surface area contributed by atoms with E-state index < -0.39 is 0 Å². The molecule has 1 aromatic rings. The highest BCUT2D eigenvalue weighted by molar-refractivity contribution is 5.16. The molecule has 124 valence electrons. The van der Waals surface area contributed by atoms with E-state index in [9.17, 15) is 0 Å². The second kappa shape index (κ2) is 11.6. The third-order valence-corrected chi connectivity index (χ3v) is 3.89. The summed E-state index contributed by atoms with van der Waals surface area (Å²) in [6.45, 7) is 9.22. The van der Waals surface area contributed by atoms with Crippen molar-refractivity contribution < 1.29 is 0 Å². The lowest BCUT2D eigenvalue weighted by Crippen LogP contribution is -2.44. The molecule has 5 nitrogen and oxygen atoms in total. The summed E-state index contributed by atoms with van der Waals surface area (Å²) in [5.41, 5.74) is 1.40. The second-order valence-electron chi connectivity index (χ2n) is 5.79. The van der Waals surface area contributed by atoms with Gasteiger partial charge in [0.2, 0.25) is 0 Å². The Hall–Kier alpha value is -0.980. The number of hydrogen-bond acceptors (Lipinski definition) is 5. The predicted octanol–water partition coefficient (Wildman–Crippen LogP) is -0.441. The summed E-state index contributed by atoms with van der Waals surface area (Å²) in [5, 5.41) is 17.6. The summed E-state index contributed by atoms with van der Waals surface area (Å²) in [6.07, 6.45) is 1.07. The lowest BCUT2D eigenvalue weighted by molar-refractivity contribution is 0.464. The van der Waals surface area contributed by atoms with E-state index >= 15 is 0 Å². The van der Waals surface area contributed by atoms with Crippen molar-refractivity contribution in [2.24, 2.45) is 0 Å². The maximum absolute atomic E-state index is 3.67. The Bertz CT molecular complexity index is 355. The van der Waals surface area contributed by atoms with Crippen LogP contribution in [-0.2, 0) is 6.42 Å². The quantitative estimate of drug-likeness (QED) is 0.513. The van der Waals surface area contributed by atoms with Crippen molar-refractivity contribution in [3.05, 3.63) is 35.9 Å². The van der Waals surface area contributed by atoms with Crippen LogP contribution < -0.4 is 26.6 Å². The Morgan fingerprint density at radius 2 is 1.23 bits per heavy atom. The van der Waals surface area contributed by atoms with Gasteiger partial charge in [0.25, 0.3) is 0 Å². The van der Waals surface area contributed by atoms with E-state index in [2.05, 4.69) is 56.9 Å². The first-order chi connectivity index (χ1) is 10.9. The van der Waals surface area contributed by atoms with Gasteiger partial charge in [0.15, 0.2) is 0 Å². The van der Waals surface area contributed by atoms with Crippen LogP contribution in [0.1, 0.15) is 5.56 Å². The Morgan fingerprint density at radius 3 is 1.86 bits per heavy atom. The molecule has 0 saturated carbocycles. The number of benzene rings is 1. The third-order valence-electron chi connectivity index (χ3n) is 3.89. The lowest BCUT2D eigenvalue weighted by atomic mass is 10.1. The maximum atomic E-state index is 3.67. The van der Waals surface area contributed by atoms with Crippen LogP contribution in [0.2, 0.25) is 0 Å². The van der Waals surface area contributed by atoms with Crippen molar-refractivity contribution in [3.63, 3.8) is 0 Å². The normalized spacial score (nSPS) is 23.4. The summed E-state index contributed by atoms with van der Waals surface area (Å²) in [4.78, 5) is 0. The fourth-order valence-corrected chi connectivity index (χ4v) is 2.66. The summed E-state index contributed by atoms with van der Waals surface area (Å²) in [7, 11) is 0. The largest absolute Gasteiger partial charge is 0.314 e. The minimum Gasteiger partial charge on any atom is -0.314 e. The molecule has 2 rings (SSSR count). The zero-order valence-corrected chi connectivity index (χ0v) is 13.5. The average molecular weight is 305 g/mol. The molecule has 0 radical (unpaired) electrons. The Balaban J connectivity index is 1.77. The molecule has 0 aliphatic carbocycles. The highest BCUT2D eigenvalue weighted by Gasteiger charge is 2.08. The van der Waals surface area contributed by atoms with Crippen LogP contribution >= 0.6 is 0 Å². The van der Waals surface area contributed by atoms with E-state index in [0.717, 1.165) is 65.3 Å². The van der Waals surface area contributed by atoms with Crippen LogP contribution in [0.25, 0.3) is 0 Å². The van der Waals surface area contributed by atoms with Gasteiger partial charge in [-0.25, -0.2) is 0 Å². The SMILES string of the molecule is c1ccc(CC2CNCCNCCNCCNCCN2)cc1. The van der Waals surface area contributed by atoms with Gasteiger partial charge < -0.3 is 26.6 Å². The van der Waals surface area contributed by atoms with Crippen molar-refractivity contribution in [2.45, 2.75) is 12.5 Å². The first kappa shape index (κ1) is 17.4. The van der Waals surface area contributed by atoms with Gasteiger partial charge in [0, 0.05) is 64.9 Å². The standard InChI is InChI=1S/C17H31N5/c1-2-4-16(5-3-1)14-17-15-21-11-10-19-7-6-18-8-9-20-12-13-22-17/h1-5,17-22H,6-15H2. The Kier molecular flexibility index (Phi) is 9.14. The molecule has 0 bridgehead atoms.